The van der Waals surface area contributed by atoms with Gasteiger partial charge in [-0.05, 0) is 109 Å². The standard InChI is InChI=1S/C68H107NO18/c1-3-5-7-9-11-13-14-15-16-17-18-19-20-21-22-23-24-25-26-27-28-29-30-31-32-33-34-35-36-38-40-42-44-46-56(74)69-51(52(73)45-43-41-39-37-12-10-8-6-4-2)50-82-66-62(80)59(77)64(54(48-71)84-66)87-68-63(81)60(78)65(55(49-72)85-68)86-67-61(79)58(76)57(75)53(47-70)83-67/h5,7,11-13,15-16,18-19,21-22,24-25,27-28,30-31,33-34,36-38,43,45,51-55,57-68,70-73,75-81H,3-4,6,8-10,14,17,20,23,26,29,32,35,39-42,44,46-50H2,1-2H3,(H,69,74)/b7-5-,13-11-,16-15-,19-18-,22-21-,25-24-,28-27-,31-30-,34-33-,37-12+,38-36-,45-43+. The predicted octanol–water partition coefficient (Wildman–Crippen LogP) is 6.81. The number of aliphatic hydroxyl groups is 11. The molecule has 0 saturated carbocycles. The summed E-state index contributed by atoms with van der Waals surface area (Å²) in [5, 5.41) is 120. The molecule has 0 aliphatic carbocycles. The molecule has 87 heavy (non-hydrogen) atoms. The van der Waals surface area contributed by atoms with Crippen molar-refractivity contribution in [1.29, 1.82) is 0 Å². The molecule has 0 spiro atoms. The molecule has 17 unspecified atom stereocenters. The Labute approximate surface area is 517 Å². The van der Waals surface area contributed by atoms with E-state index in [1.54, 1.807) is 12.2 Å². The van der Waals surface area contributed by atoms with Crippen LogP contribution >= 0.6 is 0 Å². The summed E-state index contributed by atoms with van der Waals surface area (Å²) in [5.74, 6) is -0.339. The molecule has 0 radical (unpaired) electrons. The Hall–Kier alpha value is -4.33. The number of carbonyl (C=O) groups excluding carboxylic acids is 1. The lowest BCUT2D eigenvalue weighted by Gasteiger charge is -2.48. The monoisotopic (exact) mass is 1230 g/mol. The normalized spacial score (nSPS) is 29.6. The number of aliphatic hydroxyl groups excluding tert-OH is 11. The SMILES string of the molecule is CC/C=C\C/C=C\C/C=C\C/C=C\C/C=C\C/C=C\C/C=C\C/C=C\C/C=C\C/C=C\CCCCC(=O)NC(COC1OC(CO)C(OC2OC(CO)C(OC3OC(CO)C(O)C(O)C3O)C(O)C2O)C(O)C1O)C(O)/C=C/CC/C=C/CCCCC. The summed E-state index contributed by atoms with van der Waals surface area (Å²) in [6, 6.07) is -1.02. The lowest BCUT2D eigenvalue weighted by molar-refractivity contribution is -0.379. The van der Waals surface area contributed by atoms with E-state index in [1.807, 2.05) is 0 Å². The summed E-state index contributed by atoms with van der Waals surface area (Å²) in [6.45, 7) is 1.45. The van der Waals surface area contributed by atoms with Gasteiger partial charge in [-0.15, -0.1) is 0 Å². The van der Waals surface area contributed by atoms with Gasteiger partial charge in [0.25, 0.3) is 0 Å². The Kier molecular flexibility index (Phi) is 42.9. The topological polar surface area (TPSA) is 307 Å². The van der Waals surface area contributed by atoms with Gasteiger partial charge >= 0.3 is 0 Å². The lowest BCUT2D eigenvalue weighted by Crippen LogP contribution is -2.66. The summed E-state index contributed by atoms with van der Waals surface area (Å²) in [7, 11) is 0. The number of hydrogen-bond donors (Lipinski definition) is 12. The highest BCUT2D eigenvalue weighted by Gasteiger charge is 2.53. The molecule has 3 aliphatic heterocycles. The van der Waals surface area contributed by atoms with Gasteiger partial charge in [-0.3, -0.25) is 4.79 Å². The lowest BCUT2D eigenvalue weighted by atomic mass is 9.96. The first-order chi connectivity index (χ1) is 42.3. The molecular formula is C68H107NO18. The number of rotatable bonds is 44. The molecule has 492 valence electrons. The summed E-state index contributed by atoms with van der Waals surface area (Å²) in [6.07, 6.45) is 41.5. The average Bonchev–Trinajstić information content (AvgIpc) is 1.04. The van der Waals surface area contributed by atoms with Gasteiger partial charge in [0.05, 0.1) is 38.6 Å². The largest absolute Gasteiger partial charge is 0.394 e. The molecule has 3 heterocycles. The smallest absolute Gasteiger partial charge is 0.220 e. The van der Waals surface area contributed by atoms with E-state index in [4.69, 9.17) is 28.4 Å². The van der Waals surface area contributed by atoms with Crippen molar-refractivity contribution >= 4 is 5.91 Å². The van der Waals surface area contributed by atoms with Crippen LogP contribution in [0.2, 0.25) is 0 Å². The molecule has 0 aromatic heterocycles. The predicted molar refractivity (Wildman–Crippen MR) is 336 cm³/mol. The second-order valence-corrected chi connectivity index (χ2v) is 21.8. The van der Waals surface area contributed by atoms with Crippen molar-refractivity contribution < 1.29 is 89.4 Å². The van der Waals surface area contributed by atoms with E-state index >= 15 is 0 Å². The Morgan fingerprint density at radius 2 is 0.793 bits per heavy atom. The average molecular weight is 1230 g/mol. The van der Waals surface area contributed by atoms with Crippen molar-refractivity contribution in [3.05, 3.63) is 146 Å². The van der Waals surface area contributed by atoms with Gasteiger partial charge in [0.1, 0.15) is 73.2 Å². The maximum Gasteiger partial charge on any atom is 0.220 e. The summed E-state index contributed by atoms with van der Waals surface area (Å²) in [5.41, 5.74) is 0. The number of nitrogens with one attached hydrogen (secondary N) is 1. The fourth-order valence-electron chi connectivity index (χ4n) is 9.47. The van der Waals surface area contributed by atoms with Crippen molar-refractivity contribution in [1.82, 2.24) is 5.32 Å². The van der Waals surface area contributed by atoms with E-state index in [0.29, 0.717) is 12.8 Å². The zero-order chi connectivity index (χ0) is 63.3. The number of carbonyl (C=O) groups is 1. The third-order valence-corrected chi connectivity index (χ3v) is 14.6. The molecule has 12 N–H and O–H groups in total. The summed E-state index contributed by atoms with van der Waals surface area (Å²) in [4.78, 5) is 13.3. The maximum absolute atomic E-state index is 13.3. The molecule has 19 heteroatoms. The van der Waals surface area contributed by atoms with Crippen LogP contribution in [0.15, 0.2) is 146 Å². The van der Waals surface area contributed by atoms with Crippen LogP contribution in [0.25, 0.3) is 0 Å². The second-order valence-electron chi connectivity index (χ2n) is 21.8. The highest BCUT2D eigenvalue weighted by atomic mass is 16.8. The first-order valence-electron chi connectivity index (χ1n) is 31.6. The third-order valence-electron chi connectivity index (χ3n) is 14.6. The molecule has 0 aromatic rings. The van der Waals surface area contributed by atoms with E-state index < -0.39 is 131 Å². The van der Waals surface area contributed by atoms with Crippen LogP contribution in [0.4, 0.5) is 0 Å². The van der Waals surface area contributed by atoms with E-state index in [1.165, 1.54) is 0 Å². The quantitative estimate of drug-likeness (QED) is 0.0220. The minimum Gasteiger partial charge on any atom is -0.394 e. The molecule has 3 rings (SSSR count). The first kappa shape index (κ1) is 76.9. The van der Waals surface area contributed by atoms with Gasteiger partial charge in [0.2, 0.25) is 5.91 Å². The van der Waals surface area contributed by atoms with Crippen LogP contribution in [0.1, 0.15) is 142 Å². The van der Waals surface area contributed by atoms with Gasteiger partial charge in [-0.1, -0.05) is 173 Å². The molecule has 1 amide bonds. The molecule has 3 saturated heterocycles. The number of ether oxygens (including phenoxy) is 6. The highest BCUT2D eigenvalue weighted by molar-refractivity contribution is 5.76. The number of allylic oxidation sites excluding steroid dienone is 23. The molecule has 17 atom stereocenters. The summed E-state index contributed by atoms with van der Waals surface area (Å²) < 4.78 is 34.1. The number of amides is 1. The van der Waals surface area contributed by atoms with Crippen LogP contribution in [0.5, 0.6) is 0 Å². The number of unbranched alkanes of at least 4 members (excludes halogenated alkanes) is 6. The fraction of sp³-hybridized carbons (Fsp3) is 0.632. The molecule has 19 nitrogen and oxygen atoms in total. The van der Waals surface area contributed by atoms with Crippen molar-refractivity contribution in [3.63, 3.8) is 0 Å². The van der Waals surface area contributed by atoms with Crippen LogP contribution in [-0.4, -0.2) is 193 Å². The van der Waals surface area contributed by atoms with Gasteiger partial charge in [0, 0.05) is 6.42 Å². The highest BCUT2D eigenvalue weighted by Crippen LogP contribution is 2.33. The number of hydrogen-bond acceptors (Lipinski definition) is 18. The van der Waals surface area contributed by atoms with E-state index in [0.717, 1.165) is 109 Å². The van der Waals surface area contributed by atoms with Crippen LogP contribution in [0, 0.1) is 0 Å². The Bertz CT molecular complexity index is 2150. The van der Waals surface area contributed by atoms with Crippen molar-refractivity contribution in [2.45, 2.75) is 247 Å². The molecule has 3 fully saturated rings. The third kappa shape index (κ3) is 31.3. The van der Waals surface area contributed by atoms with Gasteiger partial charge < -0.3 is 89.9 Å². The fourth-order valence-corrected chi connectivity index (χ4v) is 9.47. The zero-order valence-corrected chi connectivity index (χ0v) is 51.4. The van der Waals surface area contributed by atoms with Crippen molar-refractivity contribution in [3.8, 4) is 0 Å². The molecule has 0 aromatic carbocycles. The zero-order valence-electron chi connectivity index (χ0n) is 51.4. The molecule has 0 bridgehead atoms. The second kappa shape index (κ2) is 48.5. The van der Waals surface area contributed by atoms with Gasteiger partial charge in [-0.2, -0.15) is 0 Å². The molecular weight excluding hydrogens is 1120 g/mol. The minimum atomic E-state index is -1.99. The van der Waals surface area contributed by atoms with Gasteiger partial charge in [-0.25, -0.2) is 0 Å². The van der Waals surface area contributed by atoms with Crippen LogP contribution in [-0.2, 0) is 33.2 Å². The van der Waals surface area contributed by atoms with Crippen molar-refractivity contribution in [2.24, 2.45) is 0 Å². The minimum absolute atomic E-state index is 0.169. The Balaban J connectivity index is 1.41. The summed E-state index contributed by atoms with van der Waals surface area (Å²) >= 11 is 0. The maximum atomic E-state index is 13.3. The molecule has 3 aliphatic rings. The van der Waals surface area contributed by atoms with Crippen molar-refractivity contribution in [2.75, 3.05) is 26.4 Å². The first-order valence-corrected chi connectivity index (χ1v) is 31.6. The van der Waals surface area contributed by atoms with E-state index in [2.05, 4.69) is 153 Å². The van der Waals surface area contributed by atoms with Crippen LogP contribution < -0.4 is 5.32 Å². The Morgan fingerprint density at radius 3 is 1.24 bits per heavy atom. The van der Waals surface area contributed by atoms with Gasteiger partial charge in [0.15, 0.2) is 18.9 Å². The van der Waals surface area contributed by atoms with E-state index in [-0.39, 0.29) is 12.3 Å². The Morgan fingerprint density at radius 1 is 0.425 bits per heavy atom. The van der Waals surface area contributed by atoms with E-state index in [9.17, 15) is 61.0 Å². The van der Waals surface area contributed by atoms with Crippen LogP contribution in [0.3, 0.4) is 0 Å².